The third-order valence-electron chi connectivity index (χ3n) is 14.3. The molecule has 4 aliphatic rings. The standard InChI is InChI=1S/C52H93NO17Si2/c1-19-39-36(28-62-50-48(61-12)47(60-11)45(33(6)64-50)69-71(13,14)15)24-29(2)20-21-37(55)30(3)25-35(22-23-54)43(31(4)38(56)26-40(57)66-39)68-51-46(70-72(16,17)18)42(53(9)10)44(32(5)65-51)67-41-27-52(8,59)49(58)34(7)63-41/h20-21,23-24,30-36,38-39,41-51,56,58-59H,19,22,25-28H2,1-18H3/t30-,31+,32?,33?,34?,35+,36?,38-,39-,41?,42?,43-,44?,45?,46?,47?,48?,49?,50?,51?,52?/m1/s1. The first-order chi connectivity index (χ1) is 33.4. The lowest BCUT2D eigenvalue weighted by atomic mass is 9.79. The van der Waals surface area contributed by atoms with Gasteiger partial charge in [-0.15, -0.1) is 0 Å². The molecule has 416 valence electrons. The number of aliphatic hydroxyl groups is 3. The van der Waals surface area contributed by atoms with E-state index >= 15 is 0 Å². The molecule has 0 spiro atoms. The van der Waals surface area contributed by atoms with Gasteiger partial charge in [0.2, 0.25) is 0 Å². The Morgan fingerprint density at radius 2 is 1.40 bits per heavy atom. The maximum Gasteiger partial charge on any atom is 0.308 e. The lowest BCUT2D eigenvalue weighted by Gasteiger charge is -2.52. The van der Waals surface area contributed by atoms with Gasteiger partial charge < -0.3 is 76.5 Å². The third-order valence-corrected chi connectivity index (χ3v) is 16.3. The van der Waals surface area contributed by atoms with E-state index in [1.807, 2.05) is 72.4 Å². The molecular formula is C52H93NO17Si2. The van der Waals surface area contributed by atoms with Crippen LogP contribution in [0.15, 0.2) is 23.8 Å². The van der Waals surface area contributed by atoms with Crippen LogP contribution in [0.3, 0.4) is 0 Å². The second kappa shape index (κ2) is 27.0. The molecular weight excluding hydrogens is 967 g/mol. The fourth-order valence-electron chi connectivity index (χ4n) is 10.6. The Morgan fingerprint density at radius 1 is 0.806 bits per heavy atom. The average Bonchev–Trinajstić information content (AvgIpc) is 3.27. The van der Waals surface area contributed by atoms with Crippen molar-refractivity contribution in [3.63, 3.8) is 0 Å². The topological polar surface area (TPSA) is 217 Å². The minimum absolute atomic E-state index is 0.00971. The number of cyclic esters (lactones) is 1. The SMILES string of the molecule is CC[C@H]1OC(=O)C[C@@H](O)[C@H](C)[C@@H](OC2OC(C)C(OC3CC(C)(O)C(O)C(C)O3)C(N(C)C)C2O[Si](C)(C)C)[C@@H](CC=O)C[C@@H](C)C(=O)C=CC(C)=CC1COC1OC(C)C(O[Si](C)(C)C)C(OC)C1OC. The van der Waals surface area contributed by atoms with Crippen molar-refractivity contribution < 1.29 is 81.2 Å². The van der Waals surface area contributed by atoms with Crippen molar-refractivity contribution in [1.29, 1.82) is 0 Å². The Morgan fingerprint density at radius 3 is 1.96 bits per heavy atom. The number of hydrogen-bond acceptors (Lipinski definition) is 18. The Kier molecular flexibility index (Phi) is 23.5. The van der Waals surface area contributed by atoms with Crippen LogP contribution in [0.25, 0.3) is 0 Å². The summed E-state index contributed by atoms with van der Waals surface area (Å²) < 4.78 is 70.9. The van der Waals surface area contributed by atoms with E-state index in [-0.39, 0.29) is 43.9 Å². The number of ketones is 1. The molecule has 4 aliphatic heterocycles. The maximum atomic E-state index is 14.1. The van der Waals surface area contributed by atoms with Gasteiger partial charge in [-0.25, -0.2) is 0 Å². The van der Waals surface area contributed by atoms with Crippen molar-refractivity contribution in [1.82, 2.24) is 4.90 Å². The van der Waals surface area contributed by atoms with Crippen molar-refractivity contribution >= 4 is 34.7 Å². The number of ether oxygens (including phenoxy) is 9. The molecule has 0 bridgehead atoms. The van der Waals surface area contributed by atoms with Crippen molar-refractivity contribution in [2.24, 2.45) is 23.7 Å². The second-order valence-electron chi connectivity index (χ2n) is 23.2. The number of esters is 1. The summed E-state index contributed by atoms with van der Waals surface area (Å²) in [6.45, 7) is 26.8. The van der Waals surface area contributed by atoms with Gasteiger partial charge in [0.1, 0.15) is 42.9 Å². The molecule has 72 heavy (non-hydrogen) atoms. The molecule has 15 unspecified atom stereocenters. The Bertz CT molecular complexity index is 1790. The van der Waals surface area contributed by atoms with Crippen LogP contribution in [0, 0.1) is 23.7 Å². The summed E-state index contributed by atoms with van der Waals surface area (Å²) in [6.07, 6.45) is -5.42. The highest BCUT2D eigenvalue weighted by Gasteiger charge is 2.53. The molecule has 3 fully saturated rings. The van der Waals surface area contributed by atoms with Gasteiger partial charge in [0.05, 0.1) is 61.3 Å². The van der Waals surface area contributed by atoms with Crippen molar-refractivity contribution in [3.05, 3.63) is 23.8 Å². The van der Waals surface area contributed by atoms with E-state index in [0.29, 0.717) is 6.42 Å². The predicted molar refractivity (Wildman–Crippen MR) is 275 cm³/mol. The Balaban J connectivity index is 1.68. The van der Waals surface area contributed by atoms with Crippen LogP contribution in [0.1, 0.15) is 87.5 Å². The van der Waals surface area contributed by atoms with Crippen molar-refractivity contribution in [2.45, 2.75) is 231 Å². The first-order valence-electron chi connectivity index (χ1n) is 26.0. The Labute approximate surface area is 432 Å². The number of allylic oxidation sites excluding steroid dienone is 3. The molecule has 0 aliphatic carbocycles. The summed E-state index contributed by atoms with van der Waals surface area (Å²) in [7, 11) is 2.56. The van der Waals surface area contributed by atoms with E-state index in [9.17, 15) is 29.7 Å². The smallest absolute Gasteiger partial charge is 0.308 e. The lowest BCUT2D eigenvalue weighted by molar-refractivity contribution is -0.339. The monoisotopic (exact) mass is 1060 g/mol. The molecule has 4 rings (SSSR count). The maximum absolute atomic E-state index is 14.1. The van der Waals surface area contributed by atoms with Gasteiger partial charge in [0.25, 0.3) is 0 Å². The number of carbonyl (C=O) groups excluding carboxylic acids is 3. The Hall–Kier alpha value is -1.84. The van der Waals surface area contributed by atoms with Gasteiger partial charge in [-0.1, -0.05) is 38.5 Å². The molecule has 18 nitrogen and oxygen atoms in total. The van der Waals surface area contributed by atoms with E-state index in [0.717, 1.165) is 11.9 Å². The van der Waals surface area contributed by atoms with Gasteiger partial charge in [-0.05, 0) is 113 Å². The van der Waals surface area contributed by atoms with Crippen LogP contribution in [0.5, 0.6) is 0 Å². The van der Waals surface area contributed by atoms with Crippen LogP contribution in [0.2, 0.25) is 39.3 Å². The highest BCUT2D eigenvalue weighted by molar-refractivity contribution is 6.70. The summed E-state index contributed by atoms with van der Waals surface area (Å²) in [5, 5.41) is 33.8. The van der Waals surface area contributed by atoms with Crippen LogP contribution < -0.4 is 0 Å². The number of methoxy groups -OCH3 is 2. The molecule has 0 aromatic carbocycles. The van der Waals surface area contributed by atoms with E-state index < -0.39 is 144 Å². The number of aldehydes is 1. The van der Waals surface area contributed by atoms with Crippen LogP contribution in [-0.4, -0.2) is 194 Å². The van der Waals surface area contributed by atoms with E-state index in [1.165, 1.54) is 6.08 Å². The lowest BCUT2D eigenvalue weighted by Crippen LogP contribution is -2.67. The van der Waals surface area contributed by atoms with Crippen LogP contribution >= 0.6 is 0 Å². The fraction of sp³-hybridized carbons (Fsp3) is 0.865. The van der Waals surface area contributed by atoms with Gasteiger partial charge >= 0.3 is 5.97 Å². The zero-order valence-electron chi connectivity index (χ0n) is 46.6. The van der Waals surface area contributed by atoms with E-state index in [2.05, 4.69) is 19.6 Å². The quantitative estimate of drug-likeness (QED) is 0.0924. The van der Waals surface area contributed by atoms with Gasteiger partial charge in [0, 0.05) is 44.8 Å². The van der Waals surface area contributed by atoms with Crippen molar-refractivity contribution in [3.8, 4) is 0 Å². The number of carbonyl (C=O) groups is 3. The molecule has 3 saturated heterocycles. The molecule has 0 aromatic rings. The molecule has 4 heterocycles. The summed E-state index contributed by atoms with van der Waals surface area (Å²) in [4.78, 5) is 42.6. The molecule has 21 atom stereocenters. The number of nitrogens with zero attached hydrogens (tertiary/aromatic N) is 1. The summed E-state index contributed by atoms with van der Waals surface area (Å²) in [5.74, 6) is -3.30. The highest BCUT2D eigenvalue weighted by atomic mass is 28.4. The first kappa shape index (κ1) is 62.7. The van der Waals surface area contributed by atoms with Gasteiger partial charge in [-0.3, -0.25) is 9.59 Å². The normalized spacial score (nSPS) is 41.5. The number of aliphatic hydroxyl groups excluding tert-OH is 2. The van der Waals surface area contributed by atoms with E-state index in [4.69, 9.17) is 51.5 Å². The molecule has 0 saturated carbocycles. The molecule has 3 N–H and O–H groups in total. The number of rotatable bonds is 17. The van der Waals surface area contributed by atoms with Crippen LogP contribution in [0.4, 0.5) is 0 Å². The molecule has 20 heteroatoms. The molecule has 0 radical (unpaired) electrons. The summed E-state index contributed by atoms with van der Waals surface area (Å²) in [5.41, 5.74) is -0.737. The van der Waals surface area contributed by atoms with E-state index in [1.54, 1.807) is 48.0 Å². The zero-order valence-corrected chi connectivity index (χ0v) is 48.6. The third kappa shape index (κ3) is 17.1. The highest BCUT2D eigenvalue weighted by Crippen LogP contribution is 2.39. The first-order valence-corrected chi connectivity index (χ1v) is 32.9. The average molecular weight is 1060 g/mol. The minimum atomic E-state index is -2.41. The zero-order chi connectivity index (χ0) is 54.2. The summed E-state index contributed by atoms with van der Waals surface area (Å²) in [6, 6.07) is -0.507. The van der Waals surface area contributed by atoms with Gasteiger partial charge in [-0.2, -0.15) is 0 Å². The molecule has 0 amide bonds. The van der Waals surface area contributed by atoms with Crippen molar-refractivity contribution in [2.75, 3.05) is 34.9 Å². The number of hydrogen-bond donors (Lipinski definition) is 3. The largest absolute Gasteiger partial charge is 0.462 e. The van der Waals surface area contributed by atoms with Crippen LogP contribution in [-0.2, 0) is 65.9 Å². The minimum Gasteiger partial charge on any atom is -0.462 e. The number of likely N-dealkylation sites (N-methyl/N-ethyl adjacent to an activating group) is 1. The fourth-order valence-corrected chi connectivity index (χ4v) is 12.8. The predicted octanol–water partition coefficient (Wildman–Crippen LogP) is 5.55. The van der Waals surface area contributed by atoms with Gasteiger partial charge in [0.15, 0.2) is 41.3 Å². The second-order valence-corrected chi connectivity index (χ2v) is 32.1. The summed E-state index contributed by atoms with van der Waals surface area (Å²) >= 11 is 0. The molecule has 0 aromatic heterocycles.